The molecule has 0 aliphatic carbocycles. The molecule has 0 bridgehead atoms. The minimum Gasteiger partial charge on any atom is -0.493 e. The minimum atomic E-state index is -1.02. The number of aromatic carboxylic acids is 1. The lowest BCUT2D eigenvalue weighted by molar-refractivity contribution is -0.136. The van der Waals surface area contributed by atoms with E-state index in [1.54, 1.807) is 12.1 Å². The van der Waals surface area contributed by atoms with Crippen molar-refractivity contribution in [2.45, 2.75) is 19.3 Å². The highest BCUT2D eigenvalue weighted by Crippen LogP contribution is 2.31. The Morgan fingerprint density at radius 1 is 1.29 bits per heavy atom. The number of carboxylic acid groups (broad SMARTS) is 2. The van der Waals surface area contributed by atoms with Gasteiger partial charge in [0.25, 0.3) is 0 Å². The van der Waals surface area contributed by atoms with Gasteiger partial charge in [-0.25, -0.2) is 4.79 Å². The van der Waals surface area contributed by atoms with Crippen molar-refractivity contribution in [2.75, 3.05) is 6.61 Å². The monoisotopic (exact) mass is 236 g/mol. The summed E-state index contributed by atoms with van der Waals surface area (Å²) in [5, 5.41) is 17.8. The second-order valence-electron chi connectivity index (χ2n) is 3.87. The summed E-state index contributed by atoms with van der Waals surface area (Å²) in [4.78, 5) is 21.7. The third-order valence-corrected chi connectivity index (χ3v) is 2.79. The highest BCUT2D eigenvalue weighted by molar-refractivity contribution is 5.92. The fraction of sp³-hybridized carbons (Fsp3) is 0.333. The molecule has 1 aromatic carbocycles. The number of hydrogen-bond donors (Lipinski definition) is 2. The Kier molecular flexibility index (Phi) is 2.99. The molecule has 5 nitrogen and oxygen atoms in total. The molecule has 0 radical (unpaired) electrons. The van der Waals surface area contributed by atoms with Crippen LogP contribution in [-0.2, 0) is 17.6 Å². The van der Waals surface area contributed by atoms with Gasteiger partial charge in [0.15, 0.2) is 0 Å². The molecule has 0 unspecified atom stereocenters. The van der Waals surface area contributed by atoms with Crippen molar-refractivity contribution in [1.82, 2.24) is 0 Å². The van der Waals surface area contributed by atoms with Crippen molar-refractivity contribution in [3.63, 3.8) is 0 Å². The van der Waals surface area contributed by atoms with E-state index < -0.39 is 11.9 Å². The van der Waals surface area contributed by atoms with Crippen LogP contribution in [0.1, 0.15) is 27.9 Å². The maximum Gasteiger partial charge on any atom is 0.336 e. The normalized spacial score (nSPS) is 12.9. The van der Waals surface area contributed by atoms with Crippen LogP contribution in [0.4, 0.5) is 0 Å². The molecule has 2 N–H and O–H groups in total. The first kappa shape index (κ1) is 11.4. The van der Waals surface area contributed by atoms with Crippen LogP contribution in [0.3, 0.4) is 0 Å². The zero-order valence-electron chi connectivity index (χ0n) is 9.10. The molecule has 0 atom stereocenters. The van der Waals surface area contributed by atoms with E-state index in [9.17, 15) is 14.7 Å². The molecule has 2 rings (SSSR count). The number of fused-ring (bicyclic) bond motifs is 1. The van der Waals surface area contributed by atoms with Crippen LogP contribution in [0, 0.1) is 0 Å². The number of rotatable bonds is 4. The van der Waals surface area contributed by atoms with Gasteiger partial charge in [0.1, 0.15) is 5.75 Å². The third kappa shape index (κ3) is 2.22. The topological polar surface area (TPSA) is 83.8 Å². The highest BCUT2D eigenvalue weighted by Gasteiger charge is 2.23. The molecule has 0 saturated carbocycles. The van der Waals surface area contributed by atoms with E-state index in [-0.39, 0.29) is 18.4 Å². The predicted octanol–water partition coefficient (Wildman–Crippen LogP) is 1.34. The Bertz CT molecular complexity index is 478. The van der Waals surface area contributed by atoms with Crippen molar-refractivity contribution >= 4 is 11.9 Å². The molecule has 1 aromatic rings. The standard InChI is InChI=1S/C12H12O5/c13-10(14)4-2-7-1-3-9-8(5-6-17-9)11(7)12(15)16/h1,3H,2,4-6H2,(H,13,14)(H,15,16). The summed E-state index contributed by atoms with van der Waals surface area (Å²) in [6.07, 6.45) is 0.724. The Balaban J connectivity index is 2.38. The SMILES string of the molecule is O=C(O)CCc1ccc2c(c1C(=O)O)CCO2. The summed E-state index contributed by atoms with van der Waals surface area (Å²) in [5.74, 6) is -1.35. The lowest BCUT2D eigenvalue weighted by Crippen LogP contribution is -2.08. The lowest BCUT2D eigenvalue weighted by atomic mass is 9.96. The van der Waals surface area contributed by atoms with Gasteiger partial charge in [-0.3, -0.25) is 4.79 Å². The Hall–Kier alpha value is -2.04. The van der Waals surface area contributed by atoms with Gasteiger partial charge in [0.05, 0.1) is 12.2 Å². The Labute approximate surface area is 97.6 Å². The molecule has 0 saturated heterocycles. The number of aliphatic carboxylic acids is 1. The molecular weight excluding hydrogens is 224 g/mol. The van der Waals surface area contributed by atoms with Gasteiger partial charge in [0, 0.05) is 18.4 Å². The summed E-state index contributed by atoms with van der Waals surface area (Å²) < 4.78 is 5.29. The summed E-state index contributed by atoms with van der Waals surface area (Å²) in [6.45, 7) is 0.484. The van der Waals surface area contributed by atoms with Crippen LogP contribution in [0.2, 0.25) is 0 Å². The van der Waals surface area contributed by atoms with Gasteiger partial charge in [-0.15, -0.1) is 0 Å². The van der Waals surface area contributed by atoms with E-state index >= 15 is 0 Å². The predicted molar refractivity (Wildman–Crippen MR) is 58.6 cm³/mol. The van der Waals surface area contributed by atoms with Crippen molar-refractivity contribution < 1.29 is 24.5 Å². The summed E-state index contributed by atoms with van der Waals surface area (Å²) in [6, 6.07) is 3.35. The molecule has 1 aliphatic heterocycles. The molecular formula is C12H12O5. The van der Waals surface area contributed by atoms with Gasteiger partial charge < -0.3 is 14.9 Å². The lowest BCUT2D eigenvalue weighted by Gasteiger charge is -2.09. The second kappa shape index (κ2) is 4.45. The Morgan fingerprint density at radius 3 is 2.71 bits per heavy atom. The number of benzene rings is 1. The minimum absolute atomic E-state index is 0.0695. The zero-order valence-corrected chi connectivity index (χ0v) is 9.10. The van der Waals surface area contributed by atoms with E-state index in [4.69, 9.17) is 9.84 Å². The maximum atomic E-state index is 11.2. The van der Waals surface area contributed by atoms with E-state index in [1.165, 1.54) is 0 Å². The van der Waals surface area contributed by atoms with Gasteiger partial charge in [-0.05, 0) is 18.1 Å². The average molecular weight is 236 g/mol. The van der Waals surface area contributed by atoms with Crippen LogP contribution in [0.5, 0.6) is 5.75 Å². The van der Waals surface area contributed by atoms with Crippen molar-refractivity contribution in [2.24, 2.45) is 0 Å². The number of carboxylic acids is 2. The first-order chi connectivity index (χ1) is 8.09. The molecule has 0 aromatic heterocycles. The number of hydrogen-bond acceptors (Lipinski definition) is 3. The number of ether oxygens (including phenoxy) is 1. The summed E-state index contributed by atoms with van der Waals surface area (Å²) in [5.41, 5.74) is 1.45. The van der Waals surface area contributed by atoms with E-state index in [2.05, 4.69) is 0 Å². The van der Waals surface area contributed by atoms with E-state index in [1.807, 2.05) is 0 Å². The molecule has 0 amide bonds. The van der Waals surface area contributed by atoms with Crippen LogP contribution in [0.15, 0.2) is 12.1 Å². The van der Waals surface area contributed by atoms with Gasteiger partial charge in [-0.1, -0.05) is 6.07 Å². The molecule has 1 aliphatic rings. The largest absolute Gasteiger partial charge is 0.493 e. The molecule has 0 spiro atoms. The van der Waals surface area contributed by atoms with Crippen LogP contribution in [-0.4, -0.2) is 28.8 Å². The summed E-state index contributed by atoms with van der Waals surface area (Å²) >= 11 is 0. The van der Waals surface area contributed by atoms with Gasteiger partial charge in [-0.2, -0.15) is 0 Å². The quantitative estimate of drug-likeness (QED) is 0.824. The number of carbonyl (C=O) groups is 2. The first-order valence-electron chi connectivity index (χ1n) is 5.32. The first-order valence-corrected chi connectivity index (χ1v) is 5.32. The van der Waals surface area contributed by atoms with Crippen LogP contribution >= 0.6 is 0 Å². The van der Waals surface area contributed by atoms with E-state index in [0.717, 1.165) is 0 Å². The highest BCUT2D eigenvalue weighted by atomic mass is 16.5. The smallest absolute Gasteiger partial charge is 0.336 e. The fourth-order valence-corrected chi connectivity index (χ4v) is 2.04. The van der Waals surface area contributed by atoms with Gasteiger partial charge >= 0.3 is 11.9 Å². The average Bonchev–Trinajstić information content (AvgIpc) is 2.72. The summed E-state index contributed by atoms with van der Waals surface area (Å²) in [7, 11) is 0. The van der Waals surface area contributed by atoms with Crippen LogP contribution in [0.25, 0.3) is 0 Å². The molecule has 17 heavy (non-hydrogen) atoms. The van der Waals surface area contributed by atoms with Crippen molar-refractivity contribution in [3.8, 4) is 5.75 Å². The maximum absolute atomic E-state index is 11.2. The van der Waals surface area contributed by atoms with Crippen molar-refractivity contribution in [3.05, 3.63) is 28.8 Å². The second-order valence-corrected chi connectivity index (χ2v) is 3.87. The van der Waals surface area contributed by atoms with E-state index in [0.29, 0.717) is 29.9 Å². The van der Waals surface area contributed by atoms with Gasteiger partial charge in [0.2, 0.25) is 0 Å². The molecule has 1 heterocycles. The zero-order chi connectivity index (χ0) is 12.4. The van der Waals surface area contributed by atoms with Crippen LogP contribution < -0.4 is 4.74 Å². The third-order valence-electron chi connectivity index (χ3n) is 2.79. The number of aryl methyl sites for hydroxylation is 1. The molecule has 5 heteroatoms. The van der Waals surface area contributed by atoms with Crippen molar-refractivity contribution in [1.29, 1.82) is 0 Å². The Morgan fingerprint density at radius 2 is 2.06 bits per heavy atom. The molecule has 0 fully saturated rings. The molecule has 90 valence electrons. The fourth-order valence-electron chi connectivity index (χ4n) is 2.04.